The number of aryl methyl sites for hydroxylation is 1. The van der Waals surface area contributed by atoms with Gasteiger partial charge in [-0.05, 0) is 111 Å². The summed E-state index contributed by atoms with van der Waals surface area (Å²) >= 11 is 6.19. The molecule has 4 nitrogen and oxygen atoms in total. The topological polar surface area (TPSA) is 52.0 Å². The highest BCUT2D eigenvalue weighted by atomic mass is 35.5. The maximum Gasteiger partial charge on any atom is 0.123 e. The fourth-order valence-corrected chi connectivity index (χ4v) is 5.54. The normalized spacial score (nSPS) is 17.0. The van der Waals surface area contributed by atoms with Crippen molar-refractivity contribution in [3.8, 4) is 6.07 Å². The Morgan fingerprint density at radius 3 is 2.69 bits per heavy atom. The average Bonchev–Trinajstić information content (AvgIpc) is 3.46. The van der Waals surface area contributed by atoms with Crippen LogP contribution in [-0.4, -0.2) is 30.0 Å². The van der Waals surface area contributed by atoms with Gasteiger partial charge in [-0.2, -0.15) is 5.26 Å². The predicted octanol–water partition coefficient (Wildman–Crippen LogP) is 6.95. The van der Waals surface area contributed by atoms with Crippen LogP contribution >= 0.6 is 11.6 Å². The molecule has 2 heterocycles. The standard InChI is InChI=1S/C30H29ClFN3O/c1-35(14-2-4-22-19-34-29-12-8-25(31)17-27(22)29)15-3-13-30(24-6-9-26(32)10-7-24)28-11-5-21(18-33)16-23(28)20-36-30/h5-12,16-17,19,34H,2-4,13-15,20H2,1H3. The molecule has 6 heteroatoms. The number of H-pyrrole nitrogens is 1. The van der Waals surface area contributed by atoms with Crippen LogP contribution in [0.2, 0.25) is 5.02 Å². The van der Waals surface area contributed by atoms with E-state index in [2.05, 4.69) is 29.2 Å². The van der Waals surface area contributed by atoms with Crippen molar-refractivity contribution in [3.63, 3.8) is 0 Å². The van der Waals surface area contributed by atoms with Gasteiger partial charge in [-0.25, -0.2) is 4.39 Å². The molecule has 1 atom stereocenters. The highest BCUT2D eigenvalue weighted by Crippen LogP contribution is 2.45. The Bertz CT molecular complexity index is 1410. The second kappa shape index (κ2) is 10.4. The van der Waals surface area contributed by atoms with E-state index < -0.39 is 5.60 Å². The molecule has 0 radical (unpaired) electrons. The van der Waals surface area contributed by atoms with E-state index in [1.165, 1.54) is 23.1 Å². The zero-order valence-corrected chi connectivity index (χ0v) is 21.1. The quantitative estimate of drug-likeness (QED) is 0.270. The van der Waals surface area contributed by atoms with Crippen LogP contribution in [0.1, 0.15) is 47.1 Å². The lowest BCUT2D eigenvalue weighted by Crippen LogP contribution is -2.29. The smallest absolute Gasteiger partial charge is 0.123 e. The van der Waals surface area contributed by atoms with Crippen molar-refractivity contribution in [1.82, 2.24) is 9.88 Å². The summed E-state index contributed by atoms with van der Waals surface area (Å²) in [6.45, 7) is 2.37. The summed E-state index contributed by atoms with van der Waals surface area (Å²) < 4.78 is 20.1. The number of ether oxygens (including phenoxy) is 1. The predicted molar refractivity (Wildman–Crippen MR) is 141 cm³/mol. The molecule has 1 aliphatic rings. The van der Waals surface area contributed by atoms with Gasteiger partial charge in [0.15, 0.2) is 0 Å². The molecule has 0 spiro atoms. The lowest BCUT2D eigenvalue weighted by Gasteiger charge is -2.31. The van der Waals surface area contributed by atoms with E-state index in [0.29, 0.717) is 12.2 Å². The highest BCUT2D eigenvalue weighted by Gasteiger charge is 2.41. The van der Waals surface area contributed by atoms with E-state index >= 15 is 0 Å². The molecule has 1 aliphatic heterocycles. The molecule has 1 unspecified atom stereocenters. The Labute approximate surface area is 216 Å². The van der Waals surface area contributed by atoms with E-state index in [1.54, 1.807) is 0 Å². The number of halogens is 2. The molecule has 0 saturated carbocycles. The lowest BCUT2D eigenvalue weighted by molar-refractivity contribution is -0.0142. The Balaban J connectivity index is 1.23. The zero-order chi connectivity index (χ0) is 25.1. The summed E-state index contributed by atoms with van der Waals surface area (Å²) in [5.41, 5.74) is 5.48. The molecule has 0 fully saturated rings. The number of rotatable bonds is 9. The van der Waals surface area contributed by atoms with Crippen LogP contribution in [0.4, 0.5) is 4.39 Å². The fraction of sp³-hybridized carbons (Fsp3) is 0.300. The largest absolute Gasteiger partial charge is 0.361 e. The first-order valence-corrected chi connectivity index (χ1v) is 12.7. The Kier molecular flexibility index (Phi) is 7.11. The molecule has 4 aromatic rings. The van der Waals surface area contributed by atoms with Crippen molar-refractivity contribution in [2.75, 3.05) is 20.1 Å². The number of aromatic nitrogens is 1. The van der Waals surface area contributed by atoms with E-state index in [1.807, 2.05) is 48.5 Å². The number of benzene rings is 3. The first kappa shape index (κ1) is 24.5. The van der Waals surface area contributed by atoms with Crippen LogP contribution in [0.25, 0.3) is 10.9 Å². The molecule has 0 saturated heterocycles. The van der Waals surface area contributed by atoms with Crippen molar-refractivity contribution in [3.05, 3.63) is 106 Å². The van der Waals surface area contributed by atoms with E-state index in [9.17, 15) is 9.65 Å². The van der Waals surface area contributed by atoms with Gasteiger partial charge in [-0.3, -0.25) is 0 Å². The van der Waals surface area contributed by atoms with Crippen LogP contribution in [0.15, 0.2) is 66.9 Å². The monoisotopic (exact) mass is 501 g/mol. The zero-order valence-electron chi connectivity index (χ0n) is 20.4. The second-order valence-corrected chi connectivity index (χ2v) is 10.1. The van der Waals surface area contributed by atoms with Crippen molar-refractivity contribution in [2.45, 2.75) is 37.9 Å². The first-order chi connectivity index (χ1) is 17.5. The lowest BCUT2D eigenvalue weighted by atomic mass is 9.81. The number of nitrogens with zero attached hydrogens (tertiary/aromatic N) is 2. The summed E-state index contributed by atoms with van der Waals surface area (Å²) in [4.78, 5) is 5.69. The van der Waals surface area contributed by atoms with Gasteiger partial charge in [-0.1, -0.05) is 29.8 Å². The molecule has 3 aromatic carbocycles. The molecule has 0 aliphatic carbocycles. The minimum atomic E-state index is -0.624. The summed E-state index contributed by atoms with van der Waals surface area (Å²) in [6.07, 6.45) is 5.83. The van der Waals surface area contributed by atoms with Crippen molar-refractivity contribution >= 4 is 22.5 Å². The summed E-state index contributed by atoms with van der Waals surface area (Å²) in [5.74, 6) is -0.260. The number of aromatic amines is 1. The number of nitriles is 1. The molecule has 1 aromatic heterocycles. The van der Waals surface area contributed by atoms with Gasteiger partial charge in [0.1, 0.15) is 11.4 Å². The number of fused-ring (bicyclic) bond motifs is 2. The third-order valence-electron chi connectivity index (χ3n) is 7.24. The number of hydrogen-bond donors (Lipinski definition) is 1. The third-order valence-corrected chi connectivity index (χ3v) is 7.47. The molecule has 36 heavy (non-hydrogen) atoms. The van der Waals surface area contributed by atoms with Gasteiger partial charge >= 0.3 is 0 Å². The minimum absolute atomic E-state index is 0.260. The van der Waals surface area contributed by atoms with E-state index in [0.717, 1.165) is 66.0 Å². The molecule has 5 rings (SSSR count). The Morgan fingerprint density at radius 2 is 1.89 bits per heavy atom. The number of nitrogens with one attached hydrogen (secondary N) is 1. The molecular formula is C30H29ClFN3O. The Morgan fingerprint density at radius 1 is 1.08 bits per heavy atom. The van der Waals surface area contributed by atoms with Crippen molar-refractivity contribution < 1.29 is 9.13 Å². The van der Waals surface area contributed by atoms with Gasteiger partial charge in [0.25, 0.3) is 0 Å². The molecule has 0 amide bonds. The fourth-order valence-electron chi connectivity index (χ4n) is 5.37. The highest BCUT2D eigenvalue weighted by molar-refractivity contribution is 6.31. The summed E-state index contributed by atoms with van der Waals surface area (Å²) in [7, 11) is 2.15. The first-order valence-electron chi connectivity index (χ1n) is 12.4. The van der Waals surface area contributed by atoms with Crippen molar-refractivity contribution in [1.29, 1.82) is 5.26 Å². The summed E-state index contributed by atoms with van der Waals surface area (Å²) in [6, 6.07) is 20.5. The maximum absolute atomic E-state index is 13.7. The van der Waals surface area contributed by atoms with Crippen LogP contribution < -0.4 is 0 Å². The van der Waals surface area contributed by atoms with Crippen LogP contribution in [-0.2, 0) is 23.4 Å². The van der Waals surface area contributed by atoms with Gasteiger partial charge in [0.2, 0.25) is 0 Å². The maximum atomic E-state index is 13.7. The van der Waals surface area contributed by atoms with Crippen LogP contribution in [0.5, 0.6) is 0 Å². The minimum Gasteiger partial charge on any atom is -0.361 e. The van der Waals surface area contributed by atoms with Crippen LogP contribution in [0, 0.1) is 17.1 Å². The average molecular weight is 502 g/mol. The molecule has 0 bridgehead atoms. The van der Waals surface area contributed by atoms with Gasteiger partial charge in [-0.15, -0.1) is 0 Å². The summed E-state index contributed by atoms with van der Waals surface area (Å²) in [5, 5.41) is 11.3. The molecular weight excluding hydrogens is 473 g/mol. The molecule has 1 N–H and O–H groups in total. The number of hydrogen-bond acceptors (Lipinski definition) is 3. The second-order valence-electron chi connectivity index (χ2n) is 9.62. The molecule has 184 valence electrons. The van der Waals surface area contributed by atoms with Gasteiger partial charge < -0.3 is 14.6 Å². The van der Waals surface area contributed by atoms with E-state index in [4.69, 9.17) is 16.3 Å². The van der Waals surface area contributed by atoms with Crippen LogP contribution in [0.3, 0.4) is 0 Å². The Hall–Kier alpha value is -3.17. The van der Waals surface area contributed by atoms with E-state index in [-0.39, 0.29) is 5.82 Å². The third kappa shape index (κ3) is 4.90. The van der Waals surface area contributed by atoms with Crippen molar-refractivity contribution in [2.24, 2.45) is 0 Å². The SMILES string of the molecule is CN(CCCc1c[nH]c2ccc(Cl)cc12)CCCC1(c2ccc(F)cc2)OCc2cc(C#N)ccc21. The van der Waals surface area contributed by atoms with Gasteiger partial charge in [0.05, 0.1) is 18.2 Å². The van der Waals surface area contributed by atoms with Gasteiger partial charge in [0, 0.05) is 22.1 Å².